The molecule has 2 atom stereocenters. The SMILES string of the molecule is CCC(=NOC)C1=C(c2ccc3ccccc3c2)CC2CCC1N2. The van der Waals surface area contributed by atoms with Crippen molar-refractivity contribution in [2.24, 2.45) is 5.16 Å². The van der Waals surface area contributed by atoms with Gasteiger partial charge in [0.2, 0.25) is 0 Å². The van der Waals surface area contributed by atoms with E-state index in [4.69, 9.17) is 4.84 Å². The van der Waals surface area contributed by atoms with Gasteiger partial charge in [0, 0.05) is 12.1 Å². The first-order chi connectivity index (χ1) is 11.8. The van der Waals surface area contributed by atoms with Crippen LogP contribution in [0.2, 0.25) is 0 Å². The summed E-state index contributed by atoms with van der Waals surface area (Å²) in [4.78, 5) is 5.13. The summed E-state index contributed by atoms with van der Waals surface area (Å²) in [5.41, 5.74) is 5.23. The second-order valence-corrected chi connectivity index (χ2v) is 6.73. The van der Waals surface area contributed by atoms with Crippen molar-refractivity contribution in [3.05, 3.63) is 53.6 Å². The van der Waals surface area contributed by atoms with Gasteiger partial charge in [-0.05, 0) is 59.2 Å². The summed E-state index contributed by atoms with van der Waals surface area (Å²) >= 11 is 0. The van der Waals surface area contributed by atoms with Crippen LogP contribution in [0.1, 0.15) is 38.2 Å². The van der Waals surface area contributed by atoms with Crippen molar-refractivity contribution in [1.29, 1.82) is 0 Å². The lowest BCUT2D eigenvalue weighted by atomic mass is 9.86. The zero-order valence-corrected chi connectivity index (χ0v) is 14.4. The lowest BCUT2D eigenvalue weighted by Gasteiger charge is -2.29. The fraction of sp³-hybridized carbons (Fsp3) is 0.381. The van der Waals surface area contributed by atoms with Gasteiger partial charge in [0.15, 0.2) is 0 Å². The van der Waals surface area contributed by atoms with Crippen LogP contribution in [0.15, 0.2) is 53.2 Å². The van der Waals surface area contributed by atoms with Crippen LogP contribution in [0.3, 0.4) is 0 Å². The predicted molar refractivity (Wildman–Crippen MR) is 100 cm³/mol. The van der Waals surface area contributed by atoms with E-state index in [1.165, 1.54) is 40.3 Å². The van der Waals surface area contributed by atoms with Gasteiger partial charge in [0.1, 0.15) is 7.11 Å². The molecule has 2 aromatic rings. The maximum atomic E-state index is 5.13. The monoisotopic (exact) mass is 320 g/mol. The first kappa shape index (κ1) is 15.4. The first-order valence-electron chi connectivity index (χ1n) is 8.88. The minimum Gasteiger partial charge on any atom is -0.399 e. The van der Waals surface area contributed by atoms with Crippen LogP contribution in [0.25, 0.3) is 16.3 Å². The highest BCUT2D eigenvalue weighted by Gasteiger charge is 2.36. The van der Waals surface area contributed by atoms with Crippen LogP contribution in [-0.4, -0.2) is 24.9 Å². The molecule has 24 heavy (non-hydrogen) atoms. The van der Waals surface area contributed by atoms with E-state index in [1.807, 2.05) is 0 Å². The fourth-order valence-corrected chi connectivity index (χ4v) is 4.21. The molecule has 2 aliphatic heterocycles. The number of rotatable bonds is 4. The van der Waals surface area contributed by atoms with Gasteiger partial charge in [-0.25, -0.2) is 0 Å². The highest BCUT2D eigenvalue weighted by molar-refractivity contribution is 6.08. The maximum Gasteiger partial charge on any atom is 0.106 e. The molecule has 0 saturated carbocycles. The zero-order chi connectivity index (χ0) is 16.5. The molecular formula is C21H24N2O. The van der Waals surface area contributed by atoms with Crippen LogP contribution in [0.4, 0.5) is 0 Å². The molecule has 0 radical (unpaired) electrons. The molecule has 0 aliphatic carbocycles. The highest BCUT2D eigenvalue weighted by atomic mass is 16.6. The number of nitrogens with one attached hydrogen (secondary N) is 1. The molecule has 2 aliphatic rings. The summed E-state index contributed by atoms with van der Waals surface area (Å²) in [6, 6.07) is 16.4. The molecule has 2 unspecified atom stereocenters. The smallest absolute Gasteiger partial charge is 0.106 e. The van der Waals surface area contributed by atoms with E-state index < -0.39 is 0 Å². The van der Waals surface area contributed by atoms with E-state index in [0.29, 0.717) is 12.1 Å². The molecule has 1 fully saturated rings. The average molecular weight is 320 g/mol. The Balaban J connectivity index is 1.88. The van der Waals surface area contributed by atoms with E-state index >= 15 is 0 Å². The van der Waals surface area contributed by atoms with Crippen LogP contribution >= 0.6 is 0 Å². The Morgan fingerprint density at radius 1 is 1.17 bits per heavy atom. The van der Waals surface area contributed by atoms with Gasteiger partial charge < -0.3 is 10.2 Å². The van der Waals surface area contributed by atoms with Gasteiger partial charge in [0.25, 0.3) is 0 Å². The quantitative estimate of drug-likeness (QED) is 0.663. The van der Waals surface area contributed by atoms with Gasteiger partial charge in [-0.1, -0.05) is 48.5 Å². The third-order valence-corrected chi connectivity index (χ3v) is 5.31. The molecule has 0 spiro atoms. The molecule has 2 bridgehead atoms. The summed E-state index contributed by atoms with van der Waals surface area (Å²) in [5, 5.41) is 10.7. The van der Waals surface area contributed by atoms with Crippen molar-refractivity contribution < 1.29 is 4.84 Å². The molecule has 1 saturated heterocycles. The average Bonchev–Trinajstić information content (AvgIpc) is 3.01. The molecule has 124 valence electrons. The number of nitrogens with zero attached hydrogens (tertiary/aromatic N) is 1. The predicted octanol–water partition coefficient (Wildman–Crippen LogP) is 4.53. The van der Waals surface area contributed by atoms with Crippen molar-refractivity contribution in [3.63, 3.8) is 0 Å². The van der Waals surface area contributed by atoms with E-state index in [2.05, 4.69) is 59.9 Å². The Morgan fingerprint density at radius 3 is 2.79 bits per heavy atom. The molecule has 0 amide bonds. The molecular weight excluding hydrogens is 296 g/mol. The summed E-state index contributed by atoms with van der Waals surface area (Å²) in [6.45, 7) is 2.16. The molecule has 4 rings (SSSR count). The fourth-order valence-electron chi connectivity index (χ4n) is 4.21. The van der Waals surface area contributed by atoms with Gasteiger partial charge >= 0.3 is 0 Å². The number of hydrogen-bond acceptors (Lipinski definition) is 3. The van der Waals surface area contributed by atoms with E-state index in [-0.39, 0.29) is 0 Å². The number of hydrogen-bond donors (Lipinski definition) is 1. The Labute approximate surface area is 143 Å². The van der Waals surface area contributed by atoms with E-state index in [0.717, 1.165) is 18.6 Å². The van der Waals surface area contributed by atoms with Gasteiger partial charge in [0.05, 0.1) is 5.71 Å². The van der Waals surface area contributed by atoms with Crippen LogP contribution in [0, 0.1) is 0 Å². The Hall–Kier alpha value is -2.13. The molecule has 3 nitrogen and oxygen atoms in total. The summed E-state index contributed by atoms with van der Waals surface area (Å²) in [7, 11) is 1.64. The second kappa shape index (κ2) is 6.40. The third-order valence-electron chi connectivity index (χ3n) is 5.31. The standard InChI is InChI=1S/C21H24N2O/c1-3-19(23-24-2)21-18(13-17-10-11-20(21)22-17)16-9-8-14-6-4-5-7-15(14)12-16/h4-9,12,17,20,22H,3,10-11,13H2,1-2H3. The number of fused-ring (bicyclic) bond motifs is 3. The Morgan fingerprint density at radius 2 is 2.00 bits per heavy atom. The Kier molecular flexibility index (Phi) is 4.11. The van der Waals surface area contributed by atoms with Crippen molar-refractivity contribution in [2.45, 2.75) is 44.7 Å². The lowest BCUT2D eigenvalue weighted by molar-refractivity contribution is 0.212. The van der Waals surface area contributed by atoms with Crippen molar-refractivity contribution in [3.8, 4) is 0 Å². The van der Waals surface area contributed by atoms with Crippen molar-refractivity contribution in [2.75, 3.05) is 7.11 Å². The molecule has 2 heterocycles. The zero-order valence-electron chi connectivity index (χ0n) is 14.4. The summed E-state index contributed by atoms with van der Waals surface area (Å²) < 4.78 is 0. The number of oxime groups is 1. The normalized spacial score (nSPS) is 23.8. The maximum absolute atomic E-state index is 5.13. The summed E-state index contributed by atoms with van der Waals surface area (Å²) in [5.74, 6) is 0. The molecule has 2 aromatic carbocycles. The molecule has 1 N–H and O–H groups in total. The Bertz CT molecular complexity index is 821. The van der Waals surface area contributed by atoms with Gasteiger partial charge in [-0.2, -0.15) is 0 Å². The van der Waals surface area contributed by atoms with Crippen molar-refractivity contribution in [1.82, 2.24) is 5.32 Å². The van der Waals surface area contributed by atoms with Gasteiger partial charge in [-0.15, -0.1) is 0 Å². The highest BCUT2D eigenvalue weighted by Crippen LogP contribution is 2.39. The minimum atomic E-state index is 0.416. The van der Waals surface area contributed by atoms with E-state index in [1.54, 1.807) is 7.11 Å². The second-order valence-electron chi connectivity index (χ2n) is 6.73. The van der Waals surface area contributed by atoms with Crippen LogP contribution in [-0.2, 0) is 4.84 Å². The minimum absolute atomic E-state index is 0.416. The third kappa shape index (κ3) is 2.63. The largest absolute Gasteiger partial charge is 0.399 e. The van der Waals surface area contributed by atoms with Crippen LogP contribution < -0.4 is 5.32 Å². The van der Waals surface area contributed by atoms with E-state index in [9.17, 15) is 0 Å². The topological polar surface area (TPSA) is 33.6 Å². The van der Waals surface area contributed by atoms with Gasteiger partial charge in [-0.3, -0.25) is 0 Å². The summed E-state index contributed by atoms with van der Waals surface area (Å²) in [6.07, 6.45) is 4.41. The number of benzene rings is 2. The first-order valence-corrected chi connectivity index (χ1v) is 8.88. The van der Waals surface area contributed by atoms with Crippen molar-refractivity contribution >= 4 is 22.1 Å². The molecule has 3 heteroatoms. The lowest BCUT2D eigenvalue weighted by Crippen LogP contribution is -2.38. The molecule has 0 aromatic heterocycles. The van der Waals surface area contributed by atoms with Crippen LogP contribution in [0.5, 0.6) is 0 Å².